The molecule has 0 amide bonds. The topological polar surface area (TPSA) is 43.6 Å². The van der Waals surface area contributed by atoms with Crippen LogP contribution in [-0.2, 0) is 0 Å². The van der Waals surface area contributed by atoms with E-state index in [-0.39, 0.29) is 0 Å². The molecular weight excluding hydrogens is 267 g/mol. The summed E-state index contributed by atoms with van der Waals surface area (Å²) in [7, 11) is 0. The third kappa shape index (κ3) is 1.65. The molecule has 0 aliphatic rings. The zero-order valence-corrected chi connectivity index (χ0v) is 9.62. The number of aromatic nitrogens is 4. The van der Waals surface area contributed by atoms with E-state index in [4.69, 9.17) is 11.6 Å². The molecule has 0 spiro atoms. The lowest BCUT2D eigenvalue weighted by molar-refractivity contribution is 0.833. The molecule has 0 bridgehead atoms. The smallest absolute Gasteiger partial charge is 0.172 e. The van der Waals surface area contributed by atoms with Crippen LogP contribution in [0.1, 0.15) is 5.56 Å². The highest BCUT2D eigenvalue weighted by atomic mass is 79.9. The molecule has 0 unspecified atom stereocenters. The van der Waals surface area contributed by atoms with Crippen LogP contribution in [-0.4, -0.2) is 19.7 Å². The second-order valence-electron chi connectivity index (χ2n) is 2.76. The van der Waals surface area contributed by atoms with Crippen molar-refractivity contribution in [2.75, 3.05) is 0 Å². The van der Waals surface area contributed by atoms with Crippen LogP contribution in [0.25, 0.3) is 5.82 Å². The van der Waals surface area contributed by atoms with Crippen molar-refractivity contribution in [1.29, 1.82) is 0 Å². The van der Waals surface area contributed by atoms with Crippen LogP contribution in [0.5, 0.6) is 0 Å². The molecule has 2 rings (SSSR count). The largest absolute Gasteiger partial charge is 0.223 e. The Bertz CT molecular complexity index is 468. The molecule has 6 heteroatoms. The van der Waals surface area contributed by atoms with Crippen molar-refractivity contribution in [3.8, 4) is 5.82 Å². The first-order valence-corrected chi connectivity index (χ1v) is 5.03. The average molecular weight is 274 g/mol. The summed E-state index contributed by atoms with van der Waals surface area (Å²) in [6.45, 7) is 1.96. The normalized spacial score (nSPS) is 10.5. The number of aryl methyl sites for hydroxylation is 1. The zero-order chi connectivity index (χ0) is 10.1. The van der Waals surface area contributed by atoms with Crippen LogP contribution in [0.3, 0.4) is 0 Å². The fourth-order valence-corrected chi connectivity index (χ4v) is 1.54. The van der Waals surface area contributed by atoms with Gasteiger partial charge in [0.15, 0.2) is 5.82 Å². The van der Waals surface area contributed by atoms with Gasteiger partial charge < -0.3 is 0 Å². The van der Waals surface area contributed by atoms with Crippen LogP contribution < -0.4 is 0 Å². The number of hydrogen-bond donors (Lipinski definition) is 0. The second-order valence-corrected chi connectivity index (χ2v) is 3.92. The molecule has 0 atom stereocenters. The van der Waals surface area contributed by atoms with Crippen molar-refractivity contribution in [1.82, 2.24) is 19.7 Å². The minimum atomic E-state index is 0.378. The van der Waals surface area contributed by atoms with E-state index in [0.717, 1.165) is 5.56 Å². The molecule has 72 valence electrons. The maximum atomic E-state index is 5.83. The molecule has 14 heavy (non-hydrogen) atoms. The van der Waals surface area contributed by atoms with Gasteiger partial charge in [0.2, 0.25) is 0 Å². The Morgan fingerprint density at radius 3 is 2.86 bits per heavy atom. The molecule has 4 nitrogen and oxygen atoms in total. The zero-order valence-electron chi connectivity index (χ0n) is 7.28. The lowest BCUT2D eigenvalue weighted by atomic mass is 10.4. The Labute approximate surface area is 94.1 Å². The summed E-state index contributed by atoms with van der Waals surface area (Å²) in [4.78, 5) is 7.92. The molecule has 0 fully saturated rings. The van der Waals surface area contributed by atoms with Crippen molar-refractivity contribution in [2.24, 2.45) is 0 Å². The fraction of sp³-hybridized carbons (Fsp3) is 0.125. The SMILES string of the molecule is Cc1cnn(-c2ncnc(Cl)c2Br)c1. The third-order valence-electron chi connectivity index (χ3n) is 1.66. The first kappa shape index (κ1) is 9.61. The molecule has 0 aliphatic heterocycles. The first-order chi connectivity index (χ1) is 6.68. The Morgan fingerprint density at radius 2 is 2.21 bits per heavy atom. The Kier molecular flexibility index (Phi) is 2.52. The first-order valence-electron chi connectivity index (χ1n) is 3.86. The Balaban J connectivity index is 2.57. The van der Waals surface area contributed by atoms with Gasteiger partial charge in [0, 0.05) is 6.20 Å². The van der Waals surface area contributed by atoms with E-state index in [1.807, 2.05) is 13.1 Å². The molecule has 2 aromatic rings. The van der Waals surface area contributed by atoms with E-state index < -0.39 is 0 Å². The molecule has 2 heterocycles. The van der Waals surface area contributed by atoms with Gasteiger partial charge in [-0.2, -0.15) is 5.10 Å². The van der Waals surface area contributed by atoms with Crippen molar-refractivity contribution >= 4 is 27.5 Å². The van der Waals surface area contributed by atoms with Crippen molar-refractivity contribution in [3.63, 3.8) is 0 Å². The highest BCUT2D eigenvalue weighted by Gasteiger charge is 2.08. The van der Waals surface area contributed by atoms with Crippen LogP contribution in [0.4, 0.5) is 0 Å². The van der Waals surface area contributed by atoms with Gasteiger partial charge in [0.05, 0.1) is 10.7 Å². The Hall–Kier alpha value is -0.940. The monoisotopic (exact) mass is 272 g/mol. The summed E-state index contributed by atoms with van der Waals surface area (Å²) >= 11 is 9.14. The number of hydrogen-bond acceptors (Lipinski definition) is 3. The summed E-state index contributed by atoms with van der Waals surface area (Å²) in [5.74, 6) is 0.637. The molecule has 2 aromatic heterocycles. The standard InChI is InChI=1S/C8H6BrClN4/c1-5-2-13-14(3-5)8-6(9)7(10)11-4-12-8/h2-4H,1H3. The van der Waals surface area contributed by atoms with Gasteiger partial charge >= 0.3 is 0 Å². The highest BCUT2D eigenvalue weighted by molar-refractivity contribution is 9.10. The van der Waals surface area contributed by atoms with E-state index in [0.29, 0.717) is 15.4 Å². The lowest BCUT2D eigenvalue weighted by Crippen LogP contribution is -2.00. The van der Waals surface area contributed by atoms with Crippen molar-refractivity contribution < 1.29 is 0 Å². The molecular formula is C8H6BrClN4. The number of halogens is 2. The number of nitrogens with zero attached hydrogens (tertiary/aromatic N) is 4. The number of rotatable bonds is 1. The molecule has 0 saturated carbocycles. The Morgan fingerprint density at radius 1 is 1.43 bits per heavy atom. The molecule has 0 radical (unpaired) electrons. The molecule has 0 aromatic carbocycles. The summed E-state index contributed by atoms with van der Waals surface area (Å²) in [5.41, 5.74) is 1.06. The highest BCUT2D eigenvalue weighted by Crippen LogP contribution is 2.24. The minimum Gasteiger partial charge on any atom is -0.223 e. The van der Waals surface area contributed by atoms with Gasteiger partial charge in [-0.15, -0.1) is 0 Å². The van der Waals surface area contributed by atoms with Gasteiger partial charge in [0.25, 0.3) is 0 Å². The lowest BCUT2D eigenvalue weighted by Gasteiger charge is -2.02. The van der Waals surface area contributed by atoms with Crippen LogP contribution >= 0.6 is 27.5 Å². The maximum Gasteiger partial charge on any atom is 0.172 e. The van der Waals surface area contributed by atoms with E-state index >= 15 is 0 Å². The van der Waals surface area contributed by atoms with Gasteiger partial charge in [-0.1, -0.05) is 11.6 Å². The van der Waals surface area contributed by atoms with Crippen LogP contribution in [0, 0.1) is 6.92 Å². The quantitative estimate of drug-likeness (QED) is 0.749. The minimum absolute atomic E-state index is 0.378. The van der Waals surface area contributed by atoms with Gasteiger partial charge in [-0.25, -0.2) is 14.6 Å². The molecule has 0 aliphatic carbocycles. The van der Waals surface area contributed by atoms with E-state index in [1.165, 1.54) is 6.33 Å². The van der Waals surface area contributed by atoms with Gasteiger partial charge in [-0.05, 0) is 28.4 Å². The van der Waals surface area contributed by atoms with Crippen LogP contribution in [0.2, 0.25) is 5.15 Å². The molecule has 0 N–H and O–H groups in total. The van der Waals surface area contributed by atoms with Gasteiger partial charge in [-0.3, -0.25) is 0 Å². The third-order valence-corrected chi connectivity index (χ3v) is 2.90. The van der Waals surface area contributed by atoms with Crippen molar-refractivity contribution in [2.45, 2.75) is 6.92 Å². The predicted molar refractivity (Wildman–Crippen MR) is 56.6 cm³/mol. The second kappa shape index (κ2) is 3.67. The van der Waals surface area contributed by atoms with E-state index in [9.17, 15) is 0 Å². The summed E-state index contributed by atoms with van der Waals surface area (Å²) in [6, 6.07) is 0. The summed E-state index contributed by atoms with van der Waals surface area (Å²) < 4.78 is 2.29. The maximum absolute atomic E-state index is 5.83. The molecule has 0 saturated heterocycles. The summed E-state index contributed by atoms with van der Waals surface area (Å²) in [6.07, 6.45) is 5.02. The fourth-order valence-electron chi connectivity index (χ4n) is 1.03. The average Bonchev–Trinajstić information content (AvgIpc) is 2.57. The van der Waals surface area contributed by atoms with E-state index in [1.54, 1.807) is 10.9 Å². The van der Waals surface area contributed by atoms with Gasteiger partial charge in [0.1, 0.15) is 11.5 Å². The van der Waals surface area contributed by atoms with Crippen molar-refractivity contribution in [3.05, 3.63) is 33.9 Å². The summed E-state index contributed by atoms with van der Waals surface area (Å²) in [5, 5.41) is 4.50. The van der Waals surface area contributed by atoms with Crippen LogP contribution in [0.15, 0.2) is 23.2 Å². The predicted octanol–water partition coefficient (Wildman–Crippen LogP) is 2.39. The van der Waals surface area contributed by atoms with E-state index in [2.05, 4.69) is 31.0 Å².